The molecule has 0 radical (unpaired) electrons. The van der Waals surface area contributed by atoms with E-state index in [0.717, 1.165) is 75.0 Å². The van der Waals surface area contributed by atoms with Crippen LogP contribution in [0.15, 0.2) is 60.9 Å². The molecule has 3 amide bonds. The fourth-order valence-electron chi connectivity index (χ4n) is 9.64. The minimum absolute atomic E-state index is 0.0172. The summed E-state index contributed by atoms with van der Waals surface area (Å²) >= 11 is 0. The largest absolute Gasteiger partial charge is 0.489 e. The number of rotatable bonds is 11. The molecule has 0 unspecified atom stereocenters. The highest BCUT2D eigenvalue weighted by molar-refractivity contribution is 6.02. The smallest absolute Gasteiger partial charge is 0.349 e. The van der Waals surface area contributed by atoms with Gasteiger partial charge in [0.15, 0.2) is 12.4 Å². The molecule has 1 saturated carbocycles. The van der Waals surface area contributed by atoms with Gasteiger partial charge in [0.1, 0.15) is 29.8 Å². The summed E-state index contributed by atoms with van der Waals surface area (Å²) in [5.41, 5.74) is 10.3. The average molecular weight is 861 g/mol. The summed E-state index contributed by atoms with van der Waals surface area (Å²) in [6, 6.07) is 14.6. The molecule has 6 heterocycles. The van der Waals surface area contributed by atoms with Crippen LogP contribution in [0.25, 0.3) is 16.9 Å². The molecule has 5 aliphatic rings. The fraction of sp³-hybridized carbons (Fsp3) is 0.467. The molecule has 1 aliphatic carbocycles. The van der Waals surface area contributed by atoms with Gasteiger partial charge in [-0.15, -0.1) is 10.2 Å². The number of likely N-dealkylation sites (tertiary alicyclic amines) is 1. The van der Waals surface area contributed by atoms with Gasteiger partial charge in [-0.1, -0.05) is 30.7 Å². The zero-order chi connectivity index (χ0) is 43.5. The van der Waals surface area contributed by atoms with Gasteiger partial charge in [0.05, 0.1) is 49.1 Å². The van der Waals surface area contributed by atoms with Gasteiger partial charge in [0.25, 0.3) is 0 Å². The van der Waals surface area contributed by atoms with Crippen LogP contribution in [0.2, 0.25) is 0 Å². The highest BCUT2D eigenvalue weighted by atomic mass is 16.6. The molecular weight excluding hydrogens is 809 g/mol. The van der Waals surface area contributed by atoms with Crippen molar-refractivity contribution in [2.75, 3.05) is 74.6 Å². The number of hydrogen-bond acceptors (Lipinski definition) is 15. The van der Waals surface area contributed by atoms with Crippen molar-refractivity contribution in [1.29, 1.82) is 0 Å². The highest BCUT2D eigenvalue weighted by Gasteiger charge is 2.38. The van der Waals surface area contributed by atoms with E-state index in [9.17, 15) is 24.0 Å². The molecule has 0 bridgehead atoms. The molecule has 9 rings (SSSR count). The number of piperazine rings is 1. The number of fused-ring (bicyclic) bond motifs is 1. The van der Waals surface area contributed by atoms with Crippen molar-refractivity contribution in [3.05, 3.63) is 66.5 Å². The third-order valence-corrected chi connectivity index (χ3v) is 12.9. The van der Waals surface area contributed by atoms with Crippen molar-refractivity contribution in [2.45, 2.75) is 75.8 Å². The van der Waals surface area contributed by atoms with Crippen molar-refractivity contribution < 1.29 is 38.2 Å². The van der Waals surface area contributed by atoms with Crippen LogP contribution in [-0.4, -0.2) is 131 Å². The SMILES string of the molecule is Nc1nnc(-c2ccccc2OC(=O)COC(=O)CN2CCCCC2)cc1-n1cc(N2CCN(C3CCC(c4cccc5c4OCCN5[C@H]4CCC(=O)NC4=O)CC3)CC2=O)cn1. The number of esters is 2. The molecule has 4 aliphatic heterocycles. The van der Waals surface area contributed by atoms with Crippen LogP contribution in [0, 0.1) is 0 Å². The molecule has 2 aromatic carbocycles. The van der Waals surface area contributed by atoms with Gasteiger partial charge < -0.3 is 29.7 Å². The number of carbonyl (C=O) groups excluding carboxylic acids is 5. The minimum atomic E-state index is -0.727. The first-order valence-electron chi connectivity index (χ1n) is 22.0. The zero-order valence-corrected chi connectivity index (χ0v) is 35.2. The predicted molar refractivity (Wildman–Crippen MR) is 230 cm³/mol. The van der Waals surface area contributed by atoms with Crippen LogP contribution >= 0.6 is 0 Å². The maximum absolute atomic E-state index is 13.7. The number of nitrogen functional groups attached to an aromatic ring is 1. The first-order valence-corrected chi connectivity index (χ1v) is 22.0. The lowest BCUT2D eigenvalue weighted by atomic mass is 9.80. The first kappa shape index (κ1) is 41.9. The number of para-hydroxylation sites is 2. The summed E-state index contributed by atoms with van der Waals surface area (Å²) in [7, 11) is 0. The lowest BCUT2D eigenvalue weighted by Gasteiger charge is -2.42. The number of imide groups is 1. The van der Waals surface area contributed by atoms with Crippen molar-refractivity contribution >= 4 is 46.9 Å². The quantitative estimate of drug-likeness (QED) is 0.126. The Morgan fingerprint density at radius 1 is 0.873 bits per heavy atom. The van der Waals surface area contributed by atoms with Crippen molar-refractivity contribution in [3.8, 4) is 28.4 Å². The van der Waals surface area contributed by atoms with Gasteiger partial charge in [-0.25, -0.2) is 9.48 Å². The number of nitrogens with one attached hydrogen (secondary N) is 1. The van der Waals surface area contributed by atoms with E-state index in [-0.39, 0.29) is 41.9 Å². The number of ether oxygens (including phenoxy) is 3. The van der Waals surface area contributed by atoms with E-state index in [1.807, 2.05) is 17.0 Å². The first-order chi connectivity index (χ1) is 30.7. The fourth-order valence-corrected chi connectivity index (χ4v) is 9.64. The standard InChI is InChI=1S/C45H52N10O8/c46-44-37(23-34(49-50-44)33-7-2-3-10-38(33)63-42(59)28-62-41(58)27-51-17-4-1-5-18-51)55-25-31(24-47-55)53-20-19-52(26-40(53)57)30-13-11-29(12-14-30)32-8-6-9-35-43(32)61-22-21-54(35)36-15-16-39(56)48-45(36)60/h2-3,6-10,23-25,29-30,36H,1,4-5,11-22,26-28H2,(H2,46,50)(H,48,56,60)/t29?,30?,36-/m0/s1. The van der Waals surface area contributed by atoms with Gasteiger partial charge >= 0.3 is 11.9 Å². The molecule has 3 N–H and O–H groups in total. The number of amides is 3. The summed E-state index contributed by atoms with van der Waals surface area (Å²) in [6.07, 6.45) is 11.2. The number of anilines is 3. The second-order valence-corrected chi connectivity index (χ2v) is 16.8. The zero-order valence-electron chi connectivity index (χ0n) is 35.2. The van der Waals surface area contributed by atoms with E-state index in [0.29, 0.717) is 74.2 Å². The van der Waals surface area contributed by atoms with E-state index >= 15 is 0 Å². The Hall–Kier alpha value is -6.40. The maximum Gasteiger partial charge on any atom is 0.349 e. The topological polar surface area (TPSA) is 208 Å². The second-order valence-electron chi connectivity index (χ2n) is 16.8. The molecule has 63 heavy (non-hydrogen) atoms. The van der Waals surface area contributed by atoms with Gasteiger partial charge in [-0.3, -0.25) is 34.3 Å². The molecule has 4 fully saturated rings. The summed E-state index contributed by atoms with van der Waals surface area (Å²) < 4.78 is 18.6. The van der Waals surface area contributed by atoms with Crippen LogP contribution in [0.4, 0.5) is 17.2 Å². The van der Waals surface area contributed by atoms with E-state index in [1.165, 1.54) is 0 Å². The summed E-state index contributed by atoms with van der Waals surface area (Å²) in [6.45, 7) is 3.86. The molecule has 1 atom stereocenters. The van der Waals surface area contributed by atoms with Crippen LogP contribution in [0.1, 0.15) is 69.3 Å². The Bertz CT molecular complexity index is 2370. The normalized spacial score (nSPS) is 22.2. The third kappa shape index (κ3) is 9.22. The van der Waals surface area contributed by atoms with Crippen molar-refractivity contribution in [2.24, 2.45) is 0 Å². The van der Waals surface area contributed by atoms with Crippen LogP contribution < -0.4 is 30.3 Å². The summed E-state index contributed by atoms with van der Waals surface area (Å²) in [5.74, 6) is -0.228. The van der Waals surface area contributed by atoms with Gasteiger partial charge in [-0.05, 0) is 93.8 Å². The number of benzene rings is 2. The van der Waals surface area contributed by atoms with Gasteiger partial charge in [0.2, 0.25) is 17.7 Å². The summed E-state index contributed by atoms with van der Waals surface area (Å²) in [5, 5.41) is 15.5. The molecule has 0 spiro atoms. The van der Waals surface area contributed by atoms with E-state index < -0.39 is 24.6 Å². The van der Waals surface area contributed by atoms with Crippen molar-refractivity contribution in [1.82, 2.24) is 35.1 Å². The van der Waals surface area contributed by atoms with Crippen molar-refractivity contribution in [3.63, 3.8) is 0 Å². The molecular formula is C45H52N10O8. The Morgan fingerprint density at radius 3 is 2.51 bits per heavy atom. The monoisotopic (exact) mass is 860 g/mol. The number of carbonyl (C=O) groups is 5. The lowest BCUT2D eigenvalue weighted by molar-refractivity contribution is -0.154. The lowest BCUT2D eigenvalue weighted by Crippen LogP contribution is -2.54. The van der Waals surface area contributed by atoms with E-state index in [1.54, 1.807) is 52.3 Å². The average Bonchev–Trinajstić information content (AvgIpc) is 3.79. The van der Waals surface area contributed by atoms with E-state index in [4.69, 9.17) is 19.9 Å². The highest BCUT2D eigenvalue weighted by Crippen LogP contribution is 2.45. The molecule has 18 heteroatoms. The number of hydrogen-bond donors (Lipinski definition) is 2. The second kappa shape index (κ2) is 18.5. The Labute approximate surface area is 364 Å². The Morgan fingerprint density at radius 2 is 1.70 bits per heavy atom. The Kier molecular flexibility index (Phi) is 12.3. The maximum atomic E-state index is 13.7. The molecule has 3 saturated heterocycles. The van der Waals surface area contributed by atoms with Crippen LogP contribution in [0.3, 0.4) is 0 Å². The molecule has 2 aromatic heterocycles. The molecule has 4 aromatic rings. The number of aromatic nitrogens is 4. The van der Waals surface area contributed by atoms with Crippen LogP contribution in [0.5, 0.6) is 11.5 Å². The third-order valence-electron chi connectivity index (χ3n) is 12.9. The number of nitrogens with two attached hydrogens (primary N) is 1. The van der Waals surface area contributed by atoms with Gasteiger partial charge in [0, 0.05) is 31.1 Å². The van der Waals surface area contributed by atoms with E-state index in [2.05, 4.69) is 36.5 Å². The summed E-state index contributed by atoms with van der Waals surface area (Å²) in [4.78, 5) is 71.5. The predicted octanol–water partition coefficient (Wildman–Crippen LogP) is 3.23. The number of nitrogens with zero attached hydrogens (tertiary/aromatic N) is 8. The minimum Gasteiger partial charge on any atom is -0.489 e. The van der Waals surface area contributed by atoms with Crippen LogP contribution in [-0.2, 0) is 28.7 Å². The van der Waals surface area contributed by atoms with Gasteiger partial charge in [-0.2, -0.15) is 5.10 Å². The number of piperidine rings is 2. The molecule has 18 nitrogen and oxygen atoms in total. The Balaban J connectivity index is 0.800. The molecule has 330 valence electrons.